The van der Waals surface area contributed by atoms with Gasteiger partial charge in [-0.3, -0.25) is 0 Å². The molecular weight excluding hydrogens is 602 g/mol. The van der Waals surface area contributed by atoms with Gasteiger partial charge in [0.05, 0.1) is 31.8 Å². The second kappa shape index (κ2) is 13.1. The molecule has 0 aromatic heterocycles. The van der Waals surface area contributed by atoms with Crippen molar-refractivity contribution in [1.82, 2.24) is 0 Å². The van der Waals surface area contributed by atoms with Crippen molar-refractivity contribution in [1.29, 1.82) is 0 Å². The van der Waals surface area contributed by atoms with Crippen molar-refractivity contribution in [3.05, 3.63) is 130 Å². The third-order valence-corrected chi connectivity index (χ3v) is 11.1. The van der Waals surface area contributed by atoms with Crippen molar-refractivity contribution in [3.63, 3.8) is 0 Å². The molecule has 2 fully saturated rings. The summed E-state index contributed by atoms with van der Waals surface area (Å²) in [4.78, 5) is 0. The van der Waals surface area contributed by atoms with Crippen molar-refractivity contribution >= 4 is 17.2 Å². The lowest BCUT2D eigenvalue weighted by atomic mass is 9.78. The maximum absolute atomic E-state index is 6.19. The van der Waals surface area contributed by atoms with Crippen molar-refractivity contribution < 1.29 is 27.1 Å². The molecule has 6 nitrogen and oxygen atoms in total. The maximum Gasteiger partial charge on any atom is 0.397 e. The molecule has 6 rings (SSSR count). The van der Waals surface area contributed by atoms with Crippen LogP contribution in [-0.2, 0) is 28.9 Å². The number of aryl methyl sites for hydroxylation is 2. The lowest BCUT2D eigenvalue weighted by molar-refractivity contribution is -0.0673. The molecule has 45 heavy (non-hydrogen) atoms. The van der Waals surface area contributed by atoms with Crippen molar-refractivity contribution in [2.24, 2.45) is 5.41 Å². The minimum atomic E-state index is -1.52. The SMILES string of the molecule is Cc1cc(C(C)(C)c2ccccc2)ccc1OP1OCC2(CO1)COP(Oc1ccc(C(C)(C)c3ccccc3)cc1C)OC2. The third kappa shape index (κ3) is 6.98. The number of rotatable bonds is 8. The smallest absolute Gasteiger partial charge is 0.397 e. The van der Waals surface area contributed by atoms with Gasteiger partial charge in [-0.25, -0.2) is 0 Å². The Labute approximate surface area is 270 Å². The van der Waals surface area contributed by atoms with Crippen molar-refractivity contribution in [2.45, 2.75) is 52.4 Å². The summed E-state index contributed by atoms with van der Waals surface area (Å²) in [6, 6.07) is 33.8. The molecule has 2 aliphatic rings. The van der Waals surface area contributed by atoms with Crippen LogP contribution in [0.3, 0.4) is 0 Å². The van der Waals surface area contributed by atoms with Gasteiger partial charge >= 0.3 is 17.2 Å². The van der Waals surface area contributed by atoms with Crippen LogP contribution in [-0.4, -0.2) is 26.4 Å². The zero-order chi connectivity index (χ0) is 31.7. The van der Waals surface area contributed by atoms with Crippen LogP contribution in [0.15, 0.2) is 97.1 Å². The van der Waals surface area contributed by atoms with Crippen LogP contribution in [0.4, 0.5) is 0 Å². The Hall–Kier alpha value is -2.82. The Morgan fingerprint density at radius 1 is 0.511 bits per heavy atom. The molecule has 1 spiro atoms. The molecule has 0 bridgehead atoms. The Kier molecular flexibility index (Phi) is 9.37. The summed E-state index contributed by atoms with van der Waals surface area (Å²) in [6.07, 6.45) is 0. The molecule has 0 radical (unpaired) electrons. The minimum Gasteiger partial charge on any atom is -0.426 e. The van der Waals surface area contributed by atoms with Gasteiger partial charge < -0.3 is 27.1 Å². The molecule has 236 valence electrons. The number of hydrogen-bond acceptors (Lipinski definition) is 6. The largest absolute Gasteiger partial charge is 0.426 e. The first-order valence-electron chi connectivity index (χ1n) is 15.4. The highest BCUT2D eigenvalue weighted by molar-refractivity contribution is 7.42. The van der Waals surface area contributed by atoms with Crippen LogP contribution in [0.1, 0.15) is 61.1 Å². The second-order valence-corrected chi connectivity index (χ2v) is 15.5. The van der Waals surface area contributed by atoms with Crippen LogP contribution in [0.2, 0.25) is 0 Å². The summed E-state index contributed by atoms with van der Waals surface area (Å²) in [5.41, 5.74) is 6.47. The van der Waals surface area contributed by atoms with E-state index < -0.39 is 17.2 Å². The average molecular weight is 645 g/mol. The molecule has 8 heteroatoms. The molecule has 2 aliphatic heterocycles. The van der Waals surface area contributed by atoms with Crippen LogP contribution in [0.25, 0.3) is 0 Å². The highest BCUT2D eigenvalue weighted by Crippen LogP contribution is 2.53. The molecule has 0 atom stereocenters. The predicted octanol–water partition coefficient (Wildman–Crippen LogP) is 9.95. The molecule has 0 amide bonds. The fourth-order valence-corrected chi connectivity index (χ4v) is 8.28. The normalized spacial score (nSPS) is 22.3. The van der Waals surface area contributed by atoms with Gasteiger partial charge in [0, 0.05) is 10.8 Å². The van der Waals surface area contributed by atoms with Gasteiger partial charge in [-0.2, -0.15) is 0 Å². The Bertz CT molecular complexity index is 1470. The first-order valence-corrected chi connectivity index (χ1v) is 17.6. The average Bonchev–Trinajstić information content (AvgIpc) is 3.06. The Morgan fingerprint density at radius 2 is 0.867 bits per heavy atom. The maximum atomic E-state index is 6.19. The highest BCUT2D eigenvalue weighted by Gasteiger charge is 2.45. The van der Waals surface area contributed by atoms with Crippen LogP contribution in [0.5, 0.6) is 11.5 Å². The van der Waals surface area contributed by atoms with E-state index in [1.165, 1.54) is 22.3 Å². The Morgan fingerprint density at radius 3 is 1.20 bits per heavy atom. The number of benzene rings is 4. The van der Waals surface area contributed by atoms with Gasteiger partial charge in [0.15, 0.2) is 0 Å². The van der Waals surface area contributed by atoms with E-state index in [4.69, 9.17) is 27.1 Å². The summed E-state index contributed by atoms with van der Waals surface area (Å²) in [5.74, 6) is 1.54. The zero-order valence-corrected chi connectivity index (χ0v) is 28.7. The van der Waals surface area contributed by atoms with Crippen LogP contribution in [0, 0.1) is 19.3 Å². The van der Waals surface area contributed by atoms with E-state index in [-0.39, 0.29) is 16.2 Å². The molecule has 2 saturated heterocycles. The van der Waals surface area contributed by atoms with Crippen LogP contribution >= 0.6 is 17.2 Å². The van der Waals surface area contributed by atoms with E-state index >= 15 is 0 Å². The lowest BCUT2D eigenvalue weighted by Crippen LogP contribution is -2.45. The first-order chi connectivity index (χ1) is 21.6. The number of hydrogen-bond donors (Lipinski definition) is 0. The molecule has 0 unspecified atom stereocenters. The highest BCUT2D eigenvalue weighted by atomic mass is 31.2. The van der Waals surface area contributed by atoms with Gasteiger partial charge in [-0.05, 0) is 59.4 Å². The second-order valence-electron chi connectivity index (χ2n) is 13.2. The molecule has 0 N–H and O–H groups in total. The zero-order valence-electron chi connectivity index (χ0n) is 26.9. The van der Waals surface area contributed by atoms with Crippen molar-refractivity contribution in [3.8, 4) is 11.5 Å². The minimum absolute atomic E-state index is 0.119. The fourth-order valence-electron chi connectivity index (χ4n) is 5.67. The van der Waals surface area contributed by atoms with Gasteiger partial charge in [0.1, 0.15) is 11.5 Å². The van der Waals surface area contributed by atoms with Gasteiger partial charge in [-0.15, -0.1) is 0 Å². The van der Waals surface area contributed by atoms with E-state index in [2.05, 4.69) is 114 Å². The molecule has 2 heterocycles. The van der Waals surface area contributed by atoms with Gasteiger partial charge in [0.2, 0.25) is 0 Å². The van der Waals surface area contributed by atoms with Crippen LogP contribution < -0.4 is 9.05 Å². The summed E-state index contributed by atoms with van der Waals surface area (Å²) in [7, 11) is -3.04. The van der Waals surface area contributed by atoms with E-state index in [9.17, 15) is 0 Å². The lowest BCUT2D eigenvalue weighted by Gasteiger charge is -2.41. The third-order valence-electron chi connectivity index (χ3n) is 9.03. The monoisotopic (exact) mass is 644 g/mol. The first kappa shape index (κ1) is 32.1. The predicted molar refractivity (Wildman–Crippen MR) is 181 cm³/mol. The summed E-state index contributed by atoms with van der Waals surface area (Å²) >= 11 is 0. The van der Waals surface area contributed by atoms with Crippen molar-refractivity contribution in [2.75, 3.05) is 26.4 Å². The summed E-state index contributed by atoms with van der Waals surface area (Å²) < 4.78 is 36.7. The van der Waals surface area contributed by atoms with E-state index in [0.29, 0.717) is 26.4 Å². The molecule has 0 aliphatic carbocycles. The van der Waals surface area contributed by atoms with Gasteiger partial charge in [0.25, 0.3) is 0 Å². The van der Waals surface area contributed by atoms with E-state index in [1.54, 1.807) is 0 Å². The molecular formula is C37H42O6P2. The van der Waals surface area contributed by atoms with Gasteiger partial charge in [-0.1, -0.05) is 113 Å². The van der Waals surface area contributed by atoms with E-state index in [0.717, 1.165) is 22.6 Å². The molecule has 4 aromatic carbocycles. The summed E-state index contributed by atoms with van der Waals surface area (Å²) in [6.45, 7) is 14.8. The fraction of sp³-hybridized carbons (Fsp3) is 0.351. The topological polar surface area (TPSA) is 55.4 Å². The summed E-state index contributed by atoms with van der Waals surface area (Å²) in [5, 5.41) is 0. The quantitative estimate of drug-likeness (QED) is 0.178. The van der Waals surface area contributed by atoms with E-state index in [1.807, 2.05) is 24.3 Å². The molecule has 0 saturated carbocycles. The Balaban J connectivity index is 1.01. The standard InChI is InChI=1S/C37H42O6P2/c1-27-21-31(35(3,4)29-13-9-7-10-14-29)17-19-33(27)42-44-38-23-37(24-39-44)25-40-45(41-26-37)43-34-20-18-32(22-28(34)2)36(5,6)30-15-11-8-12-16-30/h7-22H,23-26H2,1-6H3. The molecule has 4 aromatic rings.